The average molecular weight is 265 g/mol. The maximum absolute atomic E-state index is 6.50. The first-order chi connectivity index (χ1) is 9.92. The molecule has 0 saturated carbocycles. The van der Waals surface area contributed by atoms with E-state index in [1.807, 2.05) is 0 Å². The van der Waals surface area contributed by atoms with Gasteiger partial charge >= 0.3 is 0 Å². The van der Waals surface area contributed by atoms with Crippen LogP contribution in [0, 0.1) is 11.8 Å². The summed E-state index contributed by atoms with van der Waals surface area (Å²) in [5, 5.41) is 6.50. The molecule has 0 bridgehead atoms. The molecule has 1 nitrogen and oxygen atoms in total. The van der Waals surface area contributed by atoms with Crippen molar-refractivity contribution in [1.82, 2.24) is 0 Å². The summed E-state index contributed by atoms with van der Waals surface area (Å²) in [6.45, 7) is 5.76. The summed E-state index contributed by atoms with van der Waals surface area (Å²) in [5.41, 5.74) is 4.22. The fraction of sp³-hybridized carbons (Fsp3) is 0.316. The van der Waals surface area contributed by atoms with Crippen molar-refractivity contribution in [3.63, 3.8) is 0 Å². The maximum atomic E-state index is 6.50. The van der Waals surface area contributed by atoms with Crippen molar-refractivity contribution >= 4 is 0 Å². The third-order valence-electron chi connectivity index (χ3n) is 3.40. The number of aryl methyl sites for hydroxylation is 1. The molecule has 0 fully saturated rings. The number of hydrogen-bond acceptors (Lipinski definition) is 1. The summed E-state index contributed by atoms with van der Waals surface area (Å²) in [5.74, 6) is 0. The van der Waals surface area contributed by atoms with Gasteiger partial charge in [0, 0.05) is 6.57 Å². The average Bonchev–Trinajstić information content (AvgIpc) is 2.55. The number of unbranched alkanes of at least 4 members (excludes halogenated alkanes) is 3. The van der Waals surface area contributed by atoms with Crippen molar-refractivity contribution in [1.29, 1.82) is 5.26 Å². The summed E-state index contributed by atoms with van der Waals surface area (Å²) in [7, 11) is 0. The van der Waals surface area contributed by atoms with Gasteiger partial charge in [-0.2, -0.15) is 0 Å². The van der Waals surface area contributed by atoms with E-state index in [1.54, 1.807) is 0 Å². The van der Waals surface area contributed by atoms with E-state index in [0.29, 0.717) is 0 Å². The highest BCUT2D eigenvalue weighted by molar-refractivity contribution is 5.67. The van der Waals surface area contributed by atoms with Gasteiger partial charge in [0.25, 0.3) is 0 Å². The minimum absolute atomic E-state index is 1.20. The Balaban J connectivity index is 0.000000956. The van der Waals surface area contributed by atoms with E-state index in [-0.39, 0.29) is 0 Å². The highest BCUT2D eigenvalue weighted by Gasteiger charge is 2.03. The zero-order chi connectivity index (χ0) is 14.6. The van der Waals surface area contributed by atoms with Crippen LogP contribution in [0.2, 0.25) is 0 Å². The van der Waals surface area contributed by atoms with Crippen molar-refractivity contribution in [3.8, 4) is 17.7 Å². The van der Waals surface area contributed by atoms with Crippen LogP contribution in [0.1, 0.15) is 38.2 Å². The second kappa shape index (κ2) is 9.81. The Morgan fingerprint density at radius 1 is 0.800 bits per heavy atom. The topological polar surface area (TPSA) is 23.8 Å². The van der Waals surface area contributed by atoms with Crippen molar-refractivity contribution in [2.24, 2.45) is 0 Å². The van der Waals surface area contributed by atoms with E-state index < -0.39 is 0 Å². The fourth-order valence-corrected chi connectivity index (χ4v) is 2.38. The third kappa shape index (κ3) is 4.90. The van der Waals surface area contributed by atoms with E-state index in [0.717, 1.165) is 0 Å². The molecule has 0 unspecified atom stereocenters. The summed E-state index contributed by atoms with van der Waals surface area (Å²) < 4.78 is 0. The molecule has 2 rings (SSSR count). The SMILES string of the molecule is C#N.CCCCCCc1ccccc1-c1ccccc1. The van der Waals surface area contributed by atoms with Crippen molar-refractivity contribution in [2.45, 2.75) is 39.0 Å². The largest absolute Gasteiger partial charge is 0.202 e. The summed E-state index contributed by atoms with van der Waals surface area (Å²) in [6, 6.07) is 19.5. The molecule has 104 valence electrons. The molecule has 0 aromatic heterocycles. The Morgan fingerprint density at radius 2 is 1.45 bits per heavy atom. The van der Waals surface area contributed by atoms with Gasteiger partial charge in [0.1, 0.15) is 0 Å². The smallest absolute Gasteiger partial charge is 0.0462 e. The van der Waals surface area contributed by atoms with Gasteiger partial charge in [0.05, 0.1) is 0 Å². The van der Waals surface area contributed by atoms with Crippen molar-refractivity contribution < 1.29 is 0 Å². The van der Waals surface area contributed by atoms with Gasteiger partial charge in [-0.1, -0.05) is 80.8 Å². The van der Waals surface area contributed by atoms with Crippen LogP contribution in [-0.2, 0) is 6.42 Å². The zero-order valence-corrected chi connectivity index (χ0v) is 12.3. The van der Waals surface area contributed by atoms with Gasteiger partial charge < -0.3 is 0 Å². The lowest BCUT2D eigenvalue weighted by Gasteiger charge is -2.09. The third-order valence-corrected chi connectivity index (χ3v) is 3.40. The van der Waals surface area contributed by atoms with Crippen LogP contribution in [0.15, 0.2) is 54.6 Å². The molecule has 20 heavy (non-hydrogen) atoms. The van der Waals surface area contributed by atoms with Crippen molar-refractivity contribution in [3.05, 3.63) is 60.2 Å². The molecule has 2 aromatic rings. The lowest BCUT2D eigenvalue weighted by molar-refractivity contribution is 0.667. The first kappa shape index (κ1) is 16.0. The Bertz CT molecular complexity index is 499. The lowest BCUT2D eigenvalue weighted by Crippen LogP contribution is -1.90. The normalized spacial score (nSPS) is 9.55. The molecule has 0 spiro atoms. The Labute approximate surface area is 122 Å². The second-order valence-corrected chi connectivity index (χ2v) is 4.83. The van der Waals surface area contributed by atoms with E-state index >= 15 is 0 Å². The molecule has 0 saturated heterocycles. The van der Waals surface area contributed by atoms with E-state index in [9.17, 15) is 0 Å². The van der Waals surface area contributed by atoms with Crippen LogP contribution in [-0.4, -0.2) is 0 Å². The van der Waals surface area contributed by atoms with Gasteiger partial charge in [0.2, 0.25) is 0 Å². The van der Waals surface area contributed by atoms with Crippen LogP contribution < -0.4 is 0 Å². The summed E-state index contributed by atoms with van der Waals surface area (Å²) >= 11 is 0. The van der Waals surface area contributed by atoms with Crippen LogP contribution in [0.3, 0.4) is 0 Å². The molecule has 0 amide bonds. The molecule has 0 radical (unpaired) electrons. The van der Waals surface area contributed by atoms with E-state index in [2.05, 4.69) is 68.1 Å². The van der Waals surface area contributed by atoms with Gasteiger partial charge in [-0.05, 0) is 29.5 Å². The first-order valence-corrected chi connectivity index (χ1v) is 7.31. The van der Waals surface area contributed by atoms with Gasteiger partial charge in [-0.3, -0.25) is 0 Å². The van der Waals surface area contributed by atoms with Gasteiger partial charge in [-0.25, -0.2) is 5.26 Å². The molecular weight excluding hydrogens is 242 g/mol. The molecular formula is C19H23N. The number of rotatable bonds is 6. The maximum Gasteiger partial charge on any atom is 0.0462 e. The van der Waals surface area contributed by atoms with Crippen LogP contribution in [0.5, 0.6) is 0 Å². The Morgan fingerprint density at radius 3 is 2.15 bits per heavy atom. The van der Waals surface area contributed by atoms with Crippen molar-refractivity contribution in [2.75, 3.05) is 0 Å². The highest BCUT2D eigenvalue weighted by Crippen LogP contribution is 2.24. The second-order valence-electron chi connectivity index (χ2n) is 4.83. The Kier molecular flexibility index (Phi) is 7.84. The number of nitrogens with zero attached hydrogens (tertiary/aromatic N) is 1. The molecule has 0 atom stereocenters. The number of hydrogen-bond donors (Lipinski definition) is 0. The van der Waals surface area contributed by atoms with E-state index in [4.69, 9.17) is 5.26 Å². The van der Waals surface area contributed by atoms with Gasteiger partial charge in [0.15, 0.2) is 0 Å². The summed E-state index contributed by atoms with van der Waals surface area (Å²) in [6.07, 6.45) is 6.51. The minimum atomic E-state index is 1.20. The molecule has 1 heteroatoms. The first-order valence-electron chi connectivity index (χ1n) is 7.31. The molecule has 0 aliphatic rings. The number of nitriles is 1. The van der Waals surface area contributed by atoms with Crippen LogP contribution in [0.25, 0.3) is 11.1 Å². The molecule has 0 aliphatic heterocycles. The van der Waals surface area contributed by atoms with Crippen LogP contribution >= 0.6 is 0 Å². The van der Waals surface area contributed by atoms with Crippen LogP contribution in [0.4, 0.5) is 0 Å². The summed E-state index contributed by atoms with van der Waals surface area (Å²) in [4.78, 5) is 0. The highest BCUT2D eigenvalue weighted by atomic mass is 14.2. The molecule has 0 aliphatic carbocycles. The fourth-order valence-electron chi connectivity index (χ4n) is 2.38. The Hall–Kier alpha value is -2.07. The molecule has 2 aromatic carbocycles. The monoisotopic (exact) mass is 265 g/mol. The quantitative estimate of drug-likeness (QED) is 0.622. The predicted octanol–water partition coefficient (Wildman–Crippen LogP) is 5.62. The van der Waals surface area contributed by atoms with E-state index in [1.165, 1.54) is 48.8 Å². The van der Waals surface area contributed by atoms with Gasteiger partial charge in [-0.15, -0.1) is 0 Å². The lowest BCUT2D eigenvalue weighted by atomic mass is 9.96. The standard InChI is InChI=1S/C18H22.CHN/c1-2-3-4-6-11-17-14-9-10-15-18(17)16-12-7-5-8-13-16;1-2/h5,7-10,12-15H,2-4,6,11H2,1H3;1H. The minimum Gasteiger partial charge on any atom is -0.202 e. The molecule has 0 N–H and O–H groups in total. The predicted molar refractivity (Wildman–Crippen MR) is 86.4 cm³/mol. The number of benzene rings is 2. The zero-order valence-electron chi connectivity index (χ0n) is 12.3. The molecule has 0 heterocycles.